The number of benzene rings is 4. The maximum absolute atomic E-state index is 14.6. The molecule has 0 amide bonds. The second-order valence-electron chi connectivity index (χ2n) is 11.0. The van der Waals surface area contributed by atoms with Crippen LogP contribution in [0.2, 0.25) is 0 Å². The number of alkyl halides is 6. The van der Waals surface area contributed by atoms with Crippen LogP contribution < -0.4 is 10.2 Å². The van der Waals surface area contributed by atoms with E-state index in [0.29, 0.717) is 41.7 Å². The molecule has 3 nitrogen and oxygen atoms in total. The molecular weight excluding hydrogens is 612 g/mol. The smallest absolute Gasteiger partial charge is 0.355 e. The Morgan fingerprint density at radius 1 is 0.872 bits per heavy atom. The number of hydrogen-bond acceptors (Lipinski definition) is 3. The molecule has 0 aliphatic rings. The standard InChI is InChI=1S/C38H33F6N3/c1-6-12-25(5)46-32-17-10-15-27(23-45)35(32)36-29(30-22-28(37(39,40)41)20-21-31(30)38(42,43)44)16-11-19-34(36)47(24(3)4)33-18-9-8-14-26(33)13-7-2/h6-12,14-22,24,46H,2,5,13H2,1,3-4H3/b12-6-. The van der Waals surface area contributed by atoms with Gasteiger partial charge in [0.15, 0.2) is 0 Å². The molecule has 0 aliphatic carbocycles. The van der Waals surface area contributed by atoms with Gasteiger partial charge in [-0.15, -0.1) is 6.58 Å². The van der Waals surface area contributed by atoms with Gasteiger partial charge in [0.05, 0.1) is 22.8 Å². The Morgan fingerprint density at radius 2 is 1.55 bits per heavy atom. The fourth-order valence-corrected chi connectivity index (χ4v) is 5.61. The quantitative estimate of drug-likeness (QED) is 0.106. The number of anilines is 3. The molecule has 0 bridgehead atoms. The zero-order chi connectivity index (χ0) is 34.5. The van der Waals surface area contributed by atoms with Crippen molar-refractivity contribution in [2.45, 2.75) is 45.6 Å². The number of allylic oxidation sites excluding steroid dienone is 3. The van der Waals surface area contributed by atoms with Crippen molar-refractivity contribution in [3.8, 4) is 28.3 Å². The minimum atomic E-state index is -4.99. The van der Waals surface area contributed by atoms with Crippen molar-refractivity contribution in [1.29, 1.82) is 5.26 Å². The Hall–Kier alpha value is -5.23. The molecule has 0 aliphatic heterocycles. The van der Waals surface area contributed by atoms with Crippen LogP contribution in [0.15, 0.2) is 116 Å². The van der Waals surface area contributed by atoms with E-state index in [0.717, 1.165) is 11.3 Å². The number of nitrogens with one attached hydrogen (secondary N) is 1. The molecule has 0 fully saturated rings. The number of hydrogen-bond donors (Lipinski definition) is 1. The molecule has 1 N–H and O–H groups in total. The Kier molecular flexibility index (Phi) is 10.3. The molecule has 0 atom stereocenters. The molecule has 9 heteroatoms. The van der Waals surface area contributed by atoms with Gasteiger partial charge in [-0.2, -0.15) is 31.6 Å². The Morgan fingerprint density at radius 3 is 2.17 bits per heavy atom. The van der Waals surface area contributed by atoms with Gasteiger partial charge in [-0.3, -0.25) is 0 Å². The third kappa shape index (κ3) is 7.44. The normalized spacial score (nSPS) is 11.9. The predicted molar refractivity (Wildman–Crippen MR) is 177 cm³/mol. The summed E-state index contributed by atoms with van der Waals surface area (Å²) in [7, 11) is 0. The monoisotopic (exact) mass is 645 g/mol. The highest BCUT2D eigenvalue weighted by molar-refractivity contribution is 6.01. The lowest BCUT2D eigenvalue weighted by molar-refractivity contribution is -0.141. The summed E-state index contributed by atoms with van der Waals surface area (Å²) in [5, 5.41) is 13.5. The minimum absolute atomic E-state index is 0.0978. The van der Waals surface area contributed by atoms with E-state index in [1.54, 1.807) is 43.4 Å². The molecule has 47 heavy (non-hydrogen) atoms. The van der Waals surface area contributed by atoms with Crippen LogP contribution in [-0.2, 0) is 18.8 Å². The maximum Gasteiger partial charge on any atom is 0.417 e. The van der Waals surface area contributed by atoms with Crippen LogP contribution >= 0.6 is 0 Å². The average Bonchev–Trinajstić information content (AvgIpc) is 3.01. The molecule has 242 valence electrons. The van der Waals surface area contributed by atoms with Crippen molar-refractivity contribution in [3.05, 3.63) is 138 Å². The minimum Gasteiger partial charge on any atom is -0.355 e. The molecule has 4 aromatic carbocycles. The largest absolute Gasteiger partial charge is 0.417 e. The summed E-state index contributed by atoms with van der Waals surface area (Å²) >= 11 is 0. The van der Waals surface area contributed by atoms with E-state index >= 15 is 0 Å². The van der Waals surface area contributed by atoms with Gasteiger partial charge in [0.25, 0.3) is 0 Å². The Balaban J connectivity index is 2.26. The molecule has 4 rings (SSSR count). The first kappa shape index (κ1) is 34.6. The Labute approximate surface area is 270 Å². The third-order valence-electron chi connectivity index (χ3n) is 7.47. The van der Waals surface area contributed by atoms with Crippen LogP contribution in [-0.4, -0.2) is 6.04 Å². The molecule has 0 saturated carbocycles. The highest BCUT2D eigenvalue weighted by Crippen LogP contribution is 2.50. The molecule has 0 aromatic heterocycles. The van der Waals surface area contributed by atoms with Crippen LogP contribution in [0.5, 0.6) is 0 Å². The van der Waals surface area contributed by atoms with E-state index in [4.69, 9.17) is 0 Å². The summed E-state index contributed by atoms with van der Waals surface area (Å²) in [5.41, 5.74) is -0.0675. The van der Waals surface area contributed by atoms with E-state index in [1.165, 1.54) is 18.2 Å². The first-order chi connectivity index (χ1) is 22.2. The molecule has 0 saturated heterocycles. The van der Waals surface area contributed by atoms with Gasteiger partial charge in [0, 0.05) is 39.9 Å². The SMILES string of the molecule is C=CCc1ccccc1N(c1cccc(-c2cc(C(F)(F)F)ccc2C(F)(F)F)c1-c1c(C#N)cccc1NC(=C)/C=C\C)C(C)C. The maximum atomic E-state index is 14.6. The van der Waals surface area contributed by atoms with Crippen molar-refractivity contribution in [2.24, 2.45) is 0 Å². The van der Waals surface area contributed by atoms with Gasteiger partial charge in [-0.1, -0.05) is 55.1 Å². The molecule has 0 heterocycles. The van der Waals surface area contributed by atoms with Crippen molar-refractivity contribution in [1.82, 2.24) is 0 Å². The number of nitrogens with zero attached hydrogens (tertiary/aromatic N) is 2. The predicted octanol–water partition coefficient (Wildman–Crippen LogP) is 11.7. The number of halogens is 6. The van der Waals surface area contributed by atoms with Crippen LogP contribution in [0.3, 0.4) is 0 Å². The summed E-state index contributed by atoms with van der Waals surface area (Å²) in [6.07, 6.45) is -4.28. The van der Waals surface area contributed by atoms with Gasteiger partial charge >= 0.3 is 12.4 Å². The zero-order valence-corrected chi connectivity index (χ0v) is 26.1. The first-order valence-electron chi connectivity index (χ1n) is 14.7. The summed E-state index contributed by atoms with van der Waals surface area (Å²) in [4.78, 5) is 1.91. The van der Waals surface area contributed by atoms with Crippen molar-refractivity contribution in [2.75, 3.05) is 10.2 Å². The number of nitriles is 1. The van der Waals surface area contributed by atoms with Crippen molar-refractivity contribution in [3.63, 3.8) is 0 Å². The Bertz CT molecular complexity index is 1860. The average molecular weight is 646 g/mol. The summed E-state index contributed by atoms with van der Waals surface area (Å²) in [6.45, 7) is 13.4. The second-order valence-corrected chi connectivity index (χ2v) is 11.0. The molecule has 0 unspecified atom stereocenters. The summed E-state index contributed by atoms with van der Waals surface area (Å²) < 4.78 is 85.8. The molecule has 0 radical (unpaired) electrons. The topological polar surface area (TPSA) is 39.1 Å². The molecule has 4 aromatic rings. The lowest BCUT2D eigenvalue weighted by atomic mass is 9.86. The zero-order valence-electron chi connectivity index (χ0n) is 26.1. The van der Waals surface area contributed by atoms with Crippen molar-refractivity contribution >= 4 is 17.1 Å². The third-order valence-corrected chi connectivity index (χ3v) is 7.47. The fourth-order valence-electron chi connectivity index (χ4n) is 5.61. The van der Waals surface area contributed by atoms with Crippen molar-refractivity contribution < 1.29 is 26.3 Å². The lowest BCUT2D eigenvalue weighted by Crippen LogP contribution is -2.27. The number of para-hydroxylation sites is 1. The highest BCUT2D eigenvalue weighted by atomic mass is 19.4. The van der Waals surface area contributed by atoms with Gasteiger partial charge in [0.1, 0.15) is 0 Å². The van der Waals surface area contributed by atoms with E-state index < -0.39 is 29.0 Å². The lowest BCUT2D eigenvalue weighted by Gasteiger charge is -2.34. The van der Waals surface area contributed by atoms with E-state index in [2.05, 4.69) is 24.5 Å². The molecule has 0 spiro atoms. The second kappa shape index (κ2) is 14.0. The van der Waals surface area contributed by atoms with E-state index in [9.17, 15) is 31.6 Å². The fraction of sp³-hybridized carbons (Fsp3) is 0.184. The summed E-state index contributed by atoms with van der Waals surface area (Å²) in [6, 6.07) is 20.1. The van der Waals surface area contributed by atoms with Gasteiger partial charge in [-0.25, -0.2) is 0 Å². The highest BCUT2D eigenvalue weighted by Gasteiger charge is 2.38. The van der Waals surface area contributed by atoms with E-state index in [1.807, 2.05) is 43.0 Å². The van der Waals surface area contributed by atoms with Gasteiger partial charge < -0.3 is 10.2 Å². The van der Waals surface area contributed by atoms with Crippen LogP contribution in [0.4, 0.5) is 43.4 Å². The van der Waals surface area contributed by atoms with E-state index in [-0.39, 0.29) is 28.3 Å². The van der Waals surface area contributed by atoms with Crippen LogP contribution in [0, 0.1) is 11.3 Å². The number of rotatable bonds is 10. The van der Waals surface area contributed by atoms with Crippen LogP contribution in [0.1, 0.15) is 43.0 Å². The van der Waals surface area contributed by atoms with Gasteiger partial charge in [0.2, 0.25) is 0 Å². The van der Waals surface area contributed by atoms with Crippen LogP contribution in [0.25, 0.3) is 22.3 Å². The van der Waals surface area contributed by atoms with Gasteiger partial charge in [-0.05, 0) is 92.4 Å². The molecular formula is C38H33F6N3. The first-order valence-corrected chi connectivity index (χ1v) is 14.7. The summed E-state index contributed by atoms with van der Waals surface area (Å²) in [5.74, 6) is 0.